The van der Waals surface area contributed by atoms with E-state index in [0.717, 1.165) is 6.42 Å². The van der Waals surface area contributed by atoms with E-state index >= 15 is 0 Å². The first-order valence-corrected chi connectivity index (χ1v) is 5.61. The van der Waals surface area contributed by atoms with Crippen LogP contribution in [0, 0.1) is 5.41 Å². The smallest absolute Gasteiger partial charge is 2.00 e. The van der Waals surface area contributed by atoms with Crippen LogP contribution in [-0.4, -0.2) is 5.11 Å². The van der Waals surface area contributed by atoms with Crippen LogP contribution < -0.4 is 0 Å². The molecule has 0 heterocycles. The summed E-state index contributed by atoms with van der Waals surface area (Å²) in [5, 5.41) is 9.28. The third-order valence-corrected chi connectivity index (χ3v) is 4.16. The summed E-state index contributed by atoms with van der Waals surface area (Å²) in [6.45, 7) is 11.3. The van der Waals surface area contributed by atoms with Gasteiger partial charge in [0.05, 0.1) is 0 Å². The topological polar surface area (TPSA) is 20.2 Å². The van der Waals surface area contributed by atoms with Crippen LogP contribution in [0.3, 0.4) is 0 Å². The first-order chi connectivity index (χ1) is 6.81. The van der Waals surface area contributed by atoms with Gasteiger partial charge in [0.1, 0.15) is 5.75 Å². The molecule has 0 fully saturated rings. The van der Waals surface area contributed by atoms with Crippen molar-refractivity contribution in [3.8, 4) is 5.75 Å². The van der Waals surface area contributed by atoms with Gasteiger partial charge in [-0.3, -0.25) is 0 Å². The van der Waals surface area contributed by atoms with Gasteiger partial charge in [0.15, 0.2) is 0 Å². The van der Waals surface area contributed by atoms with Crippen molar-refractivity contribution in [3.63, 3.8) is 0 Å². The van der Waals surface area contributed by atoms with E-state index in [2.05, 4.69) is 34.6 Å². The van der Waals surface area contributed by atoms with E-state index in [0.29, 0.717) is 5.75 Å². The zero-order valence-corrected chi connectivity index (χ0v) is 13.0. The summed E-state index contributed by atoms with van der Waals surface area (Å²) in [7, 11) is 0. The molecule has 3 heteroatoms. The van der Waals surface area contributed by atoms with E-state index in [1.807, 2.05) is 12.1 Å². The maximum atomic E-state index is 9.28. The minimum Gasteiger partial charge on any atom is -2.00 e. The molecule has 0 unspecified atom stereocenters. The average Bonchev–Trinajstić information content (AvgIpc) is 2.18. The Balaban J connectivity index is 0. The van der Waals surface area contributed by atoms with E-state index < -0.39 is 0 Å². The standard InChI is InChI=1S/C14H22O.Ni.S/c1-6-13(2,3)14(4,5)11-7-9-12(15)10-8-11;;/h7-10,15H,6H2,1-5H3;;/q;+2;-2. The van der Waals surface area contributed by atoms with Gasteiger partial charge in [0, 0.05) is 0 Å². The van der Waals surface area contributed by atoms with Gasteiger partial charge in [-0.25, -0.2) is 0 Å². The third kappa shape index (κ3) is 3.93. The second-order valence-electron chi connectivity index (χ2n) is 5.41. The molecular formula is C14H22NiOS. The van der Waals surface area contributed by atoms with Gasteiger partial charge in [0.2, 0.25) is 0 Å². The Kier molecular flexibility index (Phi) is 7.58. The van der Waals surface area contributed by atoms with E-state index in [-0.39, 0.29) is 40.8 Å². The Labute approximate surface area is 122 Å². The van der Waals surface area contributed by atoms with E-state index in [1.165, 1.54) is 5.56 Å². The molecule has 100 valence electrons. The molecule has 0 amide bonds. The van der Waals surface area contributed by atoms with Crippen LogP contribution in [0.15, 0.2) is 24.3 Å². The van der Waals surface area contributed by atoms with Crippen LogP contribution in [0.5, 0.6) is 5.75 Å². The molecule has 0 aromatic heterocycles. The molecular weight excluding hydrogens is 275 g/mol. The largest absolute Gasteiger partial charge is 2.00 e. The molecule has 0 spiro atoms. The molecule has 0 aliphatic heterocycles. The van der Waals surface area contributed by atoms with Crippen LogP contribution in [0.1, 0.15) is 46.6 Å². The number of phenolic OH excluding ortho intramolecular Hbond substituents is 1. The molecule has 0 saturated heterocycles. The maximum Gasteiger partial charge on any atom is 2.00 e. The summed E-state index contributed by atoms with van der Waals surface area (Å²) in [6.07, 6.45) is 1.14. The van der Waals surface area contributed by atoms with Gasteiger partial charge in [-0.2, -0.15) is 0 Å². The quantitative estimate of drug-likeness (QED) is 0.833. The maximum absolute atomic E-state index is 9.28. The monoisotopic (exact) mass is 296 g/mol. The summed E-state index contributed by atoms with van der Waals surface area (Å²) in [5.74, 6) is 0.337. The second-order valence-corrected chi connectivity index (χ2v) is 5.41. The Hall–Kier alpha value is -0.136. The Morgan fingerprint density at radius 2 is 1.41 bits per heavy atom. The van der Waals surface area contributed by atoms with Crippen LogP contribution in [0.4, 0.5) is 0 Å². The van der Waals surface area contributed by atoms with Crippen molar-refractivity contribution >= 4 is 13.5 Å². The molecule has 1 aromatic rings. The van der Waals surface area contributed by atoms with Crippen LogP contribution in [-0.2, 0) is 35.4 Å². The first-order valence-electron chi connectivity index (χ1n) is 5.61. The van der Waals surface area contributed by atoms with Crippen molar-refractivity contribution in [2.45, 2.75) is 46.5 Å². The predicted octanol–water partition coefficient (Wildman–Crippen LogP) is 4.10. The minimum atomic E-state index is 0. The van der Waals surface area contributed by atoms with E-state index in [9.17, 15) is 5.11 Å². The van der Waals surface area contributed by atoms with Crippen LogP contribution in [0.2, 0.25) is 0 Å². The fourth-order valence-corrected chi connectivity index (χ4v) is 1.71. The minimum absolute atomic E-state index is 0. The molecule has 0 aliphatic rings. The summed E-state index contributed by atoms with van der Waals surface area (Å²) >= 11 is 0. The summed E-state index contributed by atoms with van der Waals surface area (Å²) in [4.78, 5) is 0. The fraction of sp³-hybridized carbons (Fsp3) is 0.571. The van der Waals surface area contributed by atoms with Gasteiger partial charge in [-0.15, -0.1) is 0 Å². The first kappa shape index (κ1) is 19.2. The molecule has 1 nitrogen and oxygen atoms in total. The van der Waals surface area contributed by atoms with Gasteiger partial charge in [0.25, 0.3) is 0 Å². The zero-order valence-electron chi connectivity index (χ0n) is 11.2. The second kappa shape index (κ2) is 6.70. The Bertz CT molecular complexity index is 331. The normalized spacial score (nSPS) is 11.4. The zero-order chi connectivity index (χ0) is 11.7. The molecule has 0 atom stereocenters. The molecule has 0 aliphatic carbocycles. The Morgan fingerprint density at radius 3 is 1.76 bits per heavy atom. The van der Waals surface area contributed by atoms with Crippen LogP contribution in [0.25, 0.3) is 0 Å². The number of hydrogen-bond acceptors (Lipinski definition) is 1. The molecule has 0 saturated carbocycles. The van der Waals surface area contributed by atoms with Crippen molar-refractivity contribution in [1.82, 2.24) is 0 Å². The Morgan fingerprint density at radius 1 is 1.00 bits per heavy atom. The van der Waals surface area contributed by atoms with E-state index in [4.69, 9.17) is 0 Å². The molecule has 1 rings (SSSR count). The summed E-state index contributed by atoms with van der Waals surface area (Å²) < 4.78 is 0. The molecule has 1 aromatic carbocycles. The van der Waals surface area contributed by atoms with Crippen molar-refractivity contribution < 1.29 is 21.6 Å². The number of aromatic hydroxyl groups is 1. The van der Waals surface area contributed by atoms with Gasteiger partial charge in [-0.05, 0) is 28.5 Å². The van der Waals surface area contributed by atoms with Gasteiger partial charge < -0.3 is 18.6 Å². The summed E-state index contributed by atoms with van der Waals surface area (Å²) in [5.41, 5.74) is 1.66. The fourth-order valence-electron chi connectivity index (χ4n) is 1.71. The third-order valence-electron chi connectivity index (χ3n) is 4.16. The number of benzene rings is 1. The molecule has 0 bridgehead atoms. The van der Waals surface area contributed by atoms with Crippen molar-refractivity contribution in [1.29, 1.82) is 0 Å². The number of rotatable bonds is 3. The van der Waals surface area contributed by atoms with Gasteiger partial charge >= 0.3 is 16.5 Å². The van der Waals surface area contributed by atoms with Crippen molar-refractivity contribution in [2.75, 3.05) is 0 Å². The SMILES string of the molecule is CCC(C)(C)C(C)(C)c1ccc(O)cc1.[Ni+2].[S-2]. The average molecular weight is 297 g/mol. The molecule has 17 heavy (non-hydrogen) atoms. The predicted molar refractivity (Wildman–Crippen MR) is 72.6 cm³/mol. The molecule has 0 radical (unpaired) electrons. The number of phenols is 1. The number of hydrogen-bond donors (Lipinski definition) is 1. The van der Waals surface area contributed by atoms with Crippen LogP contribution >= 0.6 is 0 Å². The van der Waals surface area contributed by atoms with Crippen molar-refractivity contribution in [2.24, 2.45) is 5.41 Å². The molecule has 1 N–H and O–H groups in total. The van der Waals surface area contributed by atoms with E-state index in [1.54, 1.807) is 12.1 Å². The van der Waals surface area contributed by atoms with Crippen molar-refractivity contribution in [3.05, 3.63) is 29.8 Å². The summed E-state index contributed by atoms with van der Waals surface area (Å²) in [6, 6.07) is 7.57. The van der Waals surface area contributed by atoms with Gasteiger partial charge in [-0.1, -0.05) is 53.2 Å².